The summed E-state index contributed by atoms with van der Waals surface area (Å²) in [4.78, 5) is 13.2. The number of nitrogens with one attached hydrogen (secondary N) is 1. The van der Waals surface area contributed by atoms with Crippen LogP contribution in [0.2, 0.25) is 15.3 Å². The maximum atomic E-state index is 6.40. The second-order valence-corrected chi connectivity index (χ2v) is 7.34. The Hall–Kier alpha value is -1.56. The molecule has 1 saturated carbocycles. The molecule has 25 heavy (non-hydrogen) atoms. The van der Waals surface area contributed by atoms with Gasteiger partial charge >= 0.3 is 0 Å². The van der Waals surface area contributed by atoms with Crippen LogP contribution in [0.3, 0.4) is 0 Å². The first-order valence-electron chi connectivity index (χ1n) is 8.19. The van der Waals surface area contributed by atoms with Crippen molar-refractivity contribution in [1.82, 2.24) is 19.5 Å². The van der Waals surface area contributed by atoms with Gasteiger partial charge in [-0.2, -0.15) is 0 Å². The van der Waals surface area contributed by atoms with Crippen LogP contribution in [0.15, 0.2) is 24.5 Å². The summed E-state index contributed by atoms with van der Waals surface area (Å²) in [6.45, 7) is 0.552. The molecule has 0 atom stereocenters. The van der Waals surface area contributed by atoms with Crippen molar-refractivity contribution in [2.45, 2.75) is 38.3 Å². The molecule has 0 unspecified atom stereocenters. The Morgan fingerprint density at radius 3 is 2.64 bits per heavy atom. The summed E-state index contributed by atoms with van der Waals surface area (Å²) in [7, 11) is 0. The van der Waals surface area contributed by atoms with Gasteiger partial charge in [0.05, 0.1) is 10.0 Å². The van der Waals surface area contributed by atoms with E-state index in [1.54, 1.807) is 12.4 Å². The number of fused-ring (bicyclic) bond motifs is 1. The van der Waals surface area contributed by atoms with Crippen LogP contribution in [0.1, 0.15) is 37.3 Å². The van der Waals surface area contributed by atoms with E-state index in [9.17, 15) is 0 Å². The van der Waals surface area contributed by atoms with Crippen molar-refractivity contribution in [1.29, 1.82) is 0 Å². The number of rotatable bonds is 4. The van der Waals surface area contributed by atoms with Gasteiger partial charge in [0.25, 0.3) is 0 Å². The van der Waals surface area contributed by atoms with Crippen LogP contribution in [-0.2, 0) is 6.54 Å². The number of aromatic nitrogens is 4. The monoisotopic (exact) mass is 395 g/mol. The smallest absolute Gasteiger partial charge is 0.205 e. The largest absolute Gasteiger partial charge is 0.364 e. The van der Waals surface area contributed by atoms with Gasteiger partial charge in [-0.15, -0.1) is 0 Å². The topological polar surface area (TPSA) is 55.6 Å². The fraction of sp³-hybridized carbons (Fsp3) is 0.353. The number of benzene rings is 1. The highest BCUT2D eigenvalue weighted by Gasteiger charge is 2.24. The highest BCUT2D eigenvalue weighted by Crippen LogP contribution is 2.35. The van der Waals surface area contributed by atoms with Crippen molar-refractivity contribution in [2.75, 3.05) is 5.32 Å². The van der Waals surface area contributed by atoms with Crippen LogP contribution < -0.4 is 5.32 Å². The van der Waals surface area contributed by atoms with E-state index >= 15 is 0 Å². The van der Waals surface area contributed by atoms with E-state index in [4.69, 9.17) is 34.8 Å². The highest BCUT2D eigenvalue weighted by molar-refractivity contribution is 6.42. The Morgan fingerprint density at radius 2 is 1.88 bits per heavy atom. The Kier molecular flexibility index (Phi) is 4.71. The first-order valence-corrected chi connectivity index (χ1v) is 9.33. The van der Waals surface area contributed by atoms with E-state index in [1.165, 1.54) is 12.8 Å². The lowest BCUT2D eigenvalue weighted by Gasteiger charge is -2.13. The van der Waals surface area contributed by atoms with Gasteiger partial charge in [0.1, 0.15) is 6.33 Å². The van der Waals surface area contributed by atoms with Gasteiger partial charge in [-0.3, -0.25) is 4.57 Å². The molecule has 0 saturated heterocycles. The zero-order valence-corrected chi connectivity index (χ0v) is 15.6. The number of anilines is 1. The van der Waals surface area contributed by atoms with Crippen LogP contribution in [0.5, 0.6) is 0 Å². The van der Waals surface area contributed by atoms with Crippen LogP contribution >= 0.6 is 34.8 Å². The third kappa shape index (κ3) is 3.28. The SMILES string of the molecule is Clc1ccc(CNc2ncnc3c2nc(Cl)n3C2CCCC2)cc1Cl. The molecule has 5 nitrogen and oxygen atoms in total. The van der Waals surface area contributed by atoms with Crippen molar-refractivity contribution >= 4 is 51.8 Å². The average Bonchev–Trinajstić information content (AvgIpc) is 3.22. The van der Waals surface area contributed by atoms with Crippen molar-refractivity contribution in [3.8, 4) is 0 Å². The number of hydrogen-bond acceptors (Lipinski definition) is 4. The third-order valence-corrected chi connectivity index (χ3v) is 5.57. The van der Waals surface area contributed by atoms with Crippen LogP contribution in [0, 0.1) is 0 Å². The predicted octanol–water partition coefficient (Wildman–Crippen LogP) is 5.51. The lowest BCUT2D eigenvalue weighted by Crippen LogP contribution is -2.06. The number of halogens is 3. The lowest BCUT2D eigenvalue weighted by molar-refractivity contribution is 0.529. The fourth-order valence-electron chi connectivity index (χ4n) is 3.33. The molecular formula is C17H16Cl3N5. The summed E-state index contributed by atoms with van der Waals surface area (Å²) in [5.74, 6) is 0.662. The van der Waals surface area contributed by atoms with Gasteiger partial charge in [-0.05, 0) is 42.1 Å². The van der Waals surface area contributed by atoms with Crippen molar-refractivity contribution < 1.29 is 0 Å². The van der Waals surface area contributed by atoms with Gasteiger partial charge in [0, 0.05) is 12.6 Å². The molecule has 1 N–H and O–H groups in total. The highest BCUT2D eigenvalue weighted by atomic mass is 35.5. The minimum absolute atomic E-state index is 0.371. The van der Waals surface area contributed by atoms with Gasteiger partial charge in [0.2, 0.25) is 5.28 Å². The maximum Gasteiger partial charge on any atom is 0.205 e. The van der Waals surface area contributed by atoms with E-state index in [0.717, 1.165) is 24.1 Å². The second-order valence-electron chi connectivity index (χ2n) is 6.19. The summed E-state index contributed by atoms with van der Waals surface area (Å²) in [6.07, 6.45) is 6.20. The van der Waals surface area contributed by atoms with Gasteiger partial charge in [-0.1, -0.05) is 42.1 Å². The zero-order chi connectivity index (χ0) is 17.4. The summed E-state index contributed by atoms with van der Waals surface area (Å²) < 4.78 is 2.04. The summed E-state index contributed by atoms with van der Waals surface area (Å²) in [6, 6.07) is 5.90. The van der Waals surface area contributed by atoms with Crippen LogP contribution in [0.25, 0.3) is 11.2 Å². The molecule has 1 fully saturated rings. The summed E-state index contributed by atoms with van der Waals surface area (Å²) in [5.41, 5.74) is 2.48. The van der Waals surface area contributed by atoms with Crippen molar-refractivity contribution in [2.24, 2.45) is 0 Å². The number of imidazole rings is 1. The predicted molar refractivity (Wildman–Crippen MR) is 102 cm³/mol. The van der Waals surface area contributed by atoms with Crippen LogP contribution in [-0.4, -0.2) is 19.5 Å². The first kappa shape index (κ1) is 16.9. The van der Waals surface area contributed by atoms with Gasteiger partial charge in [-0.25, -0.2) is 15.0 Å². The summed E-state index contributed by atoms with van der Waals surface area (Å²) in [5, 5.41) is 4.84. The van der Waals surface area contributed by atoms with E-state index in [0.29, 0.717) is 39.3 Å². The molecule has 0 bridgehead atoms. The molecule has 2 heterocycles. The molecule has 4 rings (SSSR count). The molecule has 1 aliphatic rings. The van der Waals surface area contributed by atoms with Gasteiger partial charge < -0.3 is 5.32 Å². The van der Waals surface area contributed by atoms with E-state index in [-0.39, 0.29) is 0 Å². The molecule has 0 aliphatic heterocycles. The van der Waals surface area contributed by atoms with Crippen molar-refractivity contribution in [3.05, 3.63) is 45.4 Å². The molecular weight excluding hydrogens is 381 g/mol. The molecule has 3 aromatic rings. The third-order valence-electron chi connectivity index (χ3n) is 4.57. The number of nitrogens with zero attached hydrogens (tertiary/aromatic N) is 4. The minimum atomic E-state index is 0.371. The molecule has 8 heteroatoms. The molecule has 130 valence electrons. The zero-order valence-electron chi connectivity index (χ0n) is 13.3. The second kappa shape index (κ2) is 6.98. The molecule has 1 aromatic carbocycles. The molecule has 0 spiro atoms. The molecule has 2 aromatic heterocycles. The quantitative estimate of drug-likeness (QED) is 0.590. The Labute approximate surface area is 160 Å². The minimum Gasteiger partial charge on any atom is -0.364 e. The van der Waals surface area contributed by atoms with Crippen LogP contribution in [0.4, 0.5) is 5.82 Å². The maximum absolute atomic E-state index is 6.40. The average molecular weight is 397 g/mol. The molecule has 1 aliphatic carbocycles. The fourth-order valence-corrected chi connectivity index (χ4v) is 3.96. The van der Waals surface area contributed by atoms with E-state index in [2.05, 4.69) is 20.3 Å². The first-order chi connectivity index (χ1) is 12.1. The van der Waals surface area contributed by atoms with E-state index in [1.807, 2.05) is 16.7 Å². The molecule has 0 radical (unpaired) electrons. The molecule has 0 amide bonds. The van der Waals surface area contributed by atoms with Gasteiger partial charge in [0.15, 0.2) is 17.0 Å². The van der Waals surface area contributed by atoms with Crippen molar-refractivity contribution in [3.63, 3.8) is 0 Å². The standard InChI is InChI=1S/C17H16Cl3N5/c18-12-6-5-10(7-13(12)19)8-21-15-14-16(23-9-22-15)25(17(20)24-14)11-3-1-2-4-11/h5-7,9,11H,1-4,8H2,(H,21,22,23). The Balaban J connectivity index is 1.63. The Morgan fingerprint density at radius 1 is 1.08 bits per heavy atom. The van der Waals surface area contributed by atoms with E-state index < -0.39 is 0 Å². The Bertz CT molecular complexity index is 918. The lowest BCUT2D eigenvalue weighted by atomic mass is 10.2. The number of hydrogen-bond donors (Lipinski definition) is 1. The normalized spacial score (nSPS) is 15.2. The summed E-state index contributed by atoms with van der Waals surface area (Å²) >= 11 is 18.4.